The topological polar surface area (TPSA) is 89.8 Å². The van der Waals surface area contributed by atoms with Gasteiger partial charge in [0.2, 0.25) is 0 Å². The van der Waals surface area contributed by atoms with Gasteiger partial charge in [-0.15, -0.1) is 0 Å². The summed E-state index contributed by atoms with van der Waals surface area (Å²) in [5.41, 5.74) is 1.54. The molecule has 1 amide bonds. The fourth-order valence-electron chi connectivity index (χ4n) is 3.15. The van der Waals surface area contributed by atoms with Gasteiger partial charge in [-0.1, -0.05) is 46.9 Å². The number of hydrogen-bond donors (Lipinski definition) is 1. The molecule has 0 aliphatic heterocycles. The first-order valence-electron chi connectivity index (χ1n) is 10.4. The minimum absolute atomic E-state index is 0.141. The molecule has 0 aromatic heterocycles. The van der Waals surface area contributed by atoms with E-state index in [2.05, 4.69) is 5.32 Å². The van der Waals surface area contributed by atoms with Gasteiger partial charge in [-0.2, -0.15) is 5.26 Å². The van der Waals surface area contributed by atoms with Crippen molar-refractivity contribution in [2.45, 2.75) is 6.61 Å². The standard InChI is InChI=1S/C26H21Cl3N2O5/c1-33-23-12-21(24(34-2)11-20(23)29)31-26(32)17(13-30)8-15-5-7-22(25(10-15)35-3)36-14-16-4-6-18(27)19(28)9-16/h4-12H,14H2,1-3H3,(H,31,32)/b17-8+. The zero-order valence-corrected chi connectivity index (χ0v) is 21.8. The van der Waals surface area contributed by atoms with Gasteiger partial charge in [0.1, 0.15) is 29.7 Å². The van der Waals surface area contributed by atoms with E-state index in [1.54, 1.807) is 36.4 Å². The first-order valence-corrected chi connectivity index (χ1v) is 11.5. The van der Waals surface area contributed by atoms with Crippen molar-refractivity contribution in [3.63, 3.8) is 0 Å². The van der Waals surface area contributed by atoms with Gasteiger partial charge >= 0.3 is 0 Å². The average molecular weight is 548 g/mol. The molecule has 0 aliphatic rings. The molecule has 1 N–H and O–H groups in total. The number of nitrogens with one attached hydrogen (secondary N) is 1. The number of methoxy groups -OCH3 is 3. The third kappa shape index (κ3) is 6.55. The summed E-state index contributed by atoms with van der Waals surface area (Å²) in [6.45, 7) is 0.237. The Morgan fingerprint density at radius 3 is 2.22 bits per heavy atom. The van der Waals surface area contributed by atoms with E-state index in [0.29, 0.717) is 49.3 Å². The van der Waals surface area contributed by atoms with E-state index in [4.69, 9.17) is 53.8 Å². The molecular formula is C26H21Cl3N2O5. The van der Waals surface area contributed by atoms with Crippen LogP contribution in [0.2, 0.25) is 15.1 Å². The Balaban J connectivity index is 1.80. The Morgan fingerprint density at radius 1 is 0.861 bits per heavy atom. The molecule has 3 aromatic carbocycles. The second-order valence-electron chi connectivity index (χ2n) is 7.26. The lowest BCUT2D eigenvalue weighted by Crippen LogP contribution is -2.14. The third-order valence-electron chi connectivity index (χ3n) is 4.96. The zero-order valence-electron chi connectivity index (χ0n) is 19.5. The Hall–Kier alpha value is -3.57. The summed E-state index contributed by atoms with van der Waals surface area (Å²) in [7, 11) is 4.38. The van der Waals surface area contributed by atoms with Crippen molar-refractivity contribution in [1.82, 2.24) is 0 Å². The van der Waals surface area contributed by atoms with Crippen molar-refractivity contribution in [3.8, 4) is 29.1 Å². The molecule has 0 fully saturated rings. The Bertz CT molecular complexity index is 1350. The highest BCUT2D eigenvalue weighted by Crippen LogP contribution is 2.36. The lowest BCUT2D eigenvalue weighted by Gasteiger charge is -2.13. The van der Waals surface area contributed by atoms with Crippen LogP contribution >= 0.6 is 34.8 Å². The average Bonchev–Trinajstić information content (AvgIpc) is 2.88. The SMILES string of the molecule is COc1cc(NC(=O)/C(C#N)=C/c2ccc(OCc3ccc(Cl)c(Cl)c3)c(OC)c2)c(OC)cc1Cl. The lowest BCUT2D eigenvalue weighted by atomic mass is 10.1. The normalized spacial score (nSPS) is 10.9. The van der Waals surface area contributed by atoms with E-state index in [0.717, 1.165) is 5.56 Å². The molecule has 0 atom stereocenters. The van der Waals surface area contributed by atoms with E-state index in [9.17, 15) is 10.1 Å². The van der Waals surface area contributed by atoms with Crippen LogP contribution in [-0.2, 0) is 11.4 Å². The summed E-state index contributed by atoms with van der Waals surface area (Å²) in [6, 6.07) is 15.2. The molecule has 186 valence electrons. The van der Waals surface area contributed by atoms with Crippen LogP contribution in [0.15, 0.2) is 54.1 Å². The minimum atomic E-state index is -0.640. The second-order valence-corrected chi connectivity index (χ2v) is 8.48. The molecule has 0 unspecified atom stereocenters. The molecule has 0 bridgehead atoms. The van der Waals surface area contributed by atoms with Gasteiger partial charge in [-0.3, -0.25) is 4.79 Å². The van der Waals surface area contributed by atoms with Crippen molar-refractivity contribution in [3.05, 3.63) is 80.3 Å². The molecular weight excluding hydrogens is 527 g/mol. The highest BCUT2D eigenvalue weighted by Gasteiger charge is 2.16. The maximum absolute atomic E-state index is 12.8. The van der Waals surface area contributed by atoms with Gasteiger partial charge in [-0.25, -0.2) is 0 Å². The first-order chi connectivity index (χ1) is 17.3. The predicted octanol–water partition coefficient (Wildman–Crippen LogP) is 6.80. The van der Waals surface area contributed by atoms with Gasteiger partial charge in [-0.05, 0) is 41.5 Å². The summed E-state index contributed by atoms with van der Waals surface area (Å²) >= 11 is 18.1. The monoisotopic (exact) mass is 546 g/mol. The number of carbonyl (C=O) groups excluding carboxylic acids is 1. The summed E-state index contributed by atoms with van der Waals surface area (Å²) in [4.78, 5) is 12.8. The van der Waals surface area contributed by atoms with Crippen LogP contribution < -0.4 is 24.3 Å². The Labute approximate surface area is 223 Å². The molecule has 0 radical (unpaired) electrons. The number of carbonyl (C=O) groups is 1. The number of anilines is 1. The van der Waals surface area contributed by atoms with Gasteiger partial charge < -0.3 is 24.3 Å². The quantitative estimate of drug-likeness (QED) is 0.234. The molecule has 36 heavy (non-hydrogen) atoms. The molecule has 3 rings (SSSR count). The van der Waals surface area contributed by atoms with E-state index in [1.165, 1.54) is 39.5 Å². The van der Waals surface area contributed by atoms with Gasteiger partial charge in [0.05, 0.1) is 42.1 Å². The van der Waals surface area contributed by atoms with Gasteiger partial charge in [0.25, 0.3) is 5.91 Å². The number of nitrogens with zero attached hydrogens (tertiary/aromatic N) is 1. The largest absolute Gasteiger partial charge is 0.495 e. The minimum Gasteiger partial charge on any atom is -0.495 e. The van der Waals surface area contributed by atoms with Crippen LogP contribution in [0.5, 0.6) is 23.0 Å². The van der Waals surface area contributed by atoms with Gasteiger partial charge in [0.15, 0.2) is 11.5 Å². The van der Waals surface area contributed by atoms with E-state index in [-0.39, 0.29) is 12.2 Å². The number of nitriles is 1. The first kappa shape index (κ1) is 27.0. The third-order valence-corrected chi connectivity index (χ3v) is 6.00. The van der Waals surface area contributed by atoms with Crippen LogP contribution in [-0.4, -0.2) is 27.2 Å². The maximum atomic E-state index is 12.8. The number of amides is 1. The molecule has 0 saturated heterocycles. The van der Waals surface area contributed by atoms with Crippen molar-refractivity contribution in [1.29, 1.82) is 5.26 Å². The second kappa shape index (κ2) is 12.4. The Morgan fingerprint density at radius 2 is 1.58 bits per heavy atom. The summed E-state index contributed by atoms with van der Waals surface area (Å²) in [5.74, 6) is 0.916. The van der Waals surface area contributed by atoms with Gasteiger partial charge in [0, 0.05) is 12.1 Å². The molecule has 10 heteroatoms. The number of rotatable bonds is 9. The van der Waals surface area contributed by atoms with E-state index >= 15 is 0 Å². The molecule has 3 aromatic rings. The molecule has 7 nitrogen and oxygen atoms in total. The zero-order chi connectivity index (χ0) is 26.2. The van der Waals surface area contributed by atoms with E-state index < -0.39 is 5.91 Å². The summed E-state index contributed by atoms with van der Waals surface area (Å²) in [5, 5.41) is 13.5. The summed E-state index contributed by atoms with van der Waals surface area (Å²) < 4.78 is 21.7. The molecule has 0 saturated carbocycles. The maximum Gasteiger partial charge on any atom is 0.266 e. The number of ether oxygens (including phenoxy) is 4. The number of hydrogen-bond acceptors (Lipinski definition) is 6. The fourth-order valence-corrected chi connectivity index (χ4v) is 3.70. The predicted molar refractivity (Wildman–Crippen MR) is 141 cm³/mol. The molecule has 0 heterocycles. The van der Waals surface area contributed by atoms with Crippen LogP contribution in [0.25, 0.3) is 6.08 Å². The fraction of sp³-hybridized carbons (Fsp3) is 0.154. The van der Waals surface area contributed by atoms with Crippen LogP contribution in [0.3, 0.4) is 0 Å². The number of benzene rings is 3. The lowest BCUT2D eigenvalue weighted by molar-refractivity contribution is -0.112. The van der Waals surface area contributed by atoms with Crippen molar-refractivity contribution >= 4 is 52.5 Å². The highest BCUT2D eigenvalue weighted by atomic mass is 35.5. The molecule has 0 aliphatic carbocycles. The van der Waals surface area contributed by atoms with E-state index in [1.807, 2.05) is 6.07 Å². The Kier molecular flexibility index (Phi) is 9.31. The van der Waals surface area contributed by atoms with Crippen LogP contribution in [0.1, 0.15) is 11.1 Å². The van der Waals surface area contributed by atoms with Crippen LogP contribution in [0, 0.1) is 11.3 Å². The van der Waals surface area contributed by atoms with Crippen molar-refractivity contribution in [2.24, 2.45) is 0 Å². The highest BCUT2D eigenvalue weighted by molar-refractivity contribution is 6.42. The van der Waals surface area contributed by atoms with Crippen LogP contribution in [0.4, 0.5) is 5.69 Å². The number of halogens is 3. The smallest absolute Gasteiger partial charge is 0.266 e. The van der Waals surface area contributed by atoms with Crippen molar-refractivity contribution < 1.29 is 23.7 Å². The molecule has 0 spiro atoms. The van der Waals surface area contributed by atoms with Crippen molar-refractivity contribution in [2.75, 3.05) is 26.6 Å². The summed E-state index contributed by atoms with van der Waals surface area (Å²) in [6.07, 6.45) is 1.43.